The van der Waals surface area contributed by atoms with Crippen LogP contribution in [0.3, 0.4) is 0 Å². The van der Waals surface area contributed by atoms with Crippen LogP contribution in [0.5, 0.6) is 0 Å². The van der Waals surface area contributed by atoms with Gasteiger partial charge in [0, 0.05) is 16.5 Å². The molecule has 0 radical (unpaired) electrons. The summed E-state index contributed by atoms with van der Waals surface area (Å²) in [6.07, 6.45) is 0. The molecule has 0 atom stereocenters. The number of sulfonamides is 1. The maximum absolute atomic E-state index is 12.4. The molecule has 0 aliphatic carbocycles. The molecule has 170 valence electrons. The van der Waals surface area contributed by atoms with E-state index in [1.165, 1.54) is 53.6 Å². The third-order valence-corrected chi connectivity index (χ3v) is 6.87. The fraction of sp³-hybridized carbons (Fsp3) is 0.409. The van der Waals surface area contributed by atoms with Crippen LogP contribution in [0.4, 0.5) is 18.9 Å². The SMILES string of the molecule is CC[N+](CC)(CC)CC.O=S(=O)(Nc1ccc2nc3ccccc3cc2c1)C(F)(F)F. The second-order valence-electron chi connectivity index (χ2n) is 7.25. The standard InChI is InChI=1S/C14H9F3N2O2S.C8H20N/c15-14(16,17)22(20,21)19-11-5-6-13-10(8-11)7-9-3-1-2-4-12(9)18-13;1-5-9(6-2,7-3)8-4/h1-8,19H;5-8H2,1-4H3/q;+1. The average Bonchev–Trinajstić information content (AvgIpc) is 2.74. The maximum atomic E-state index is 12.4. The zero-order chi connectivity index (χ0) is 23.3. The van der Waals surface area contributed by atoms with Crippen LogP contribution in [0.2, 0.25) is 0 Å². The highest BCUT2D eigenvalue weighted by molar-refractivity contribution is 7.93. The molecule has 0 fully saturated rings. The van der Waals surface area contributed by atoms with Crippen LogP contribution >= 0.6 is 0 Å². The topological polar surface area (TPSA) is 59.1 Å². The molecule has 0 amide bonds. The Hall–Kier alpha value is -2.39. The van der Waals surface area contributed by atoms with Crippen LogP contribution < -0.4 is 4.72 Å². The van der Waals surface area contributed by atoms with Crippen molar-refractivity contribution in [3.05, 3.63) is 48.5 Å². The van der Waals surface area contributed by atoms with E-state index in [1.54, 1.807) is 6.07 Å². The lowest BCUT2D eigenvalue weighted by molar-refractivity contribution is -0.921. The van der Waals surface area contributed by atoms with Crippen LogP contribution in [0.15, 0.2) is 48.5 Å². The second-order valence-corrected chi connectivity index (χ2v) is 8.92. The normalized spacial score (nSPS) is 12.5. The van der Waals surface area contributed by atoms with Crippen molar-refractivity contribution < 1.29 is 26.1 Å². The van der Waals surface area contributed by atoms with E-state index in [2.05, 4.69) is 32.7 Å². The van der Waals surface area contributed by atoms with E-state index >= 15 is 0 Å². The Bertz CT molecular complexity index is 1110. The van der Waals surface area contributed by atoms with Gasteiger partial charge in [-0.05, 0) is 58.0 Å². The van der Waals surface area contributed by atoms with Crippen molar-refractivity contribution in [1.29, 1.82) is 0 Å². The molecule has 0 unspecified atom stereocenters. The van der Waals surface area contributed by atoms with Crippen molar-refractivity contribution >= 4 is 37.5 Å². The molecule has 3 aromatic rings. The molecule has 0 saturated heterocycles. The van der Waals surface area contributed by atoms with E-state index in [1.807, 2.05) is 24.3 Å². The summed E-state index contributed by atoms with van der Waals surface area (Å²) < 4.78 is 62.2. The predicted octanol–water partition coefficient (Wildman–Crippen LogP) is 5.53. The first-order chi connectivity index (χ1) is 14.5. The number of hydrogen-bond acceptors (Lipinski definition) is 3. The number of anilines is 1. The Labute approximate surface area is 181 Å². The highest BCUT2D eigenvalue weighted by Crippen LogP contribution is 2.27. The molecular formula is C22H29F3N3O2S+. The summed E-state index contributed by atoms with van der Waals surface area (Å²) in [5.74, 6) is 0. The molecule has 2 aromatic carbocycles. The summed E-state index contributed by atoms with van der Waals surface area (Å²) in [4.78, 5) is 4.36. The zero-order valence-corrected chi connectivity index (χ0v) is 19.0. The average molecular weight is 457 g/mol. The lowest BCUT2D eigenvalue weighted by Crippen LogP contribution is -2.47. The van der Waals surface area contributed by atoms with Gasteiger partial charge in [0.2, 0.25) is 0 Å². The van der Waals surface area contributed by atoms with Crippen molar-refractivity contribution in [3.8, 4) is 0 Å². The van der Waals surface area contributed by atoms with Crippen LogP contribution in [0.25, 0.3) is 21.8 Å². The molecule has 9 heteroatoms. The van der Waals surface area contributed by atoms with Gasteiger partial charge in [-0.15, -0.1) is 0 Å². The molecule has 0 spiro atoms. The number of quaternary nitrogens is 1. The number of rotatable bonds is 6. The molecule has 1 aromatic heterocycles. The Morgan fingerprint density at radius 1 is 0.839 bits per heavy atom. The number of aromatic nitrogens is 1. The fourth-order valence-corrected chi connectivity index (χ4v) is 3.95. The summed E-state index contributed by atoms with van der Waals surface area (Å²) in [7, 11) is -5.43. The number of halogens is 3. The highest BCUT2D eigenvalue weighted by atomic mass is 32.2. The largest absolute Gasteiger partial charge is 0.516 e. The van der Waals surface area contributed by atoms with E-state index < -0.39 is 15.5 Å². The van der Waals surface area contributed by atoms with Gasteiger partial charge in [-0.2, -0.15) is 21.6 Å². The van der Waals surface area contributed by atoms with Gasteiger partial charge in [-0.25, -0.2) is 4.98 Å². The summed E-state index contributed by atoms with van der Waals surface area (Å²) in [6.45, 7) is 14.2. The first-order valence-corrected chi connectivity index (χ1v) is 11.7. The maximum Gasteiger partial charge on any atom is 0.516 e. The van der Waals surface area contributed by atoms with Gasteiger partial charge in [0.1, 0.15) is 0 Å². The third-order valence-electron chi connectivity index (χ3n) is 5.76. The lowest BCUT2D eigenvalue weighted by atomic mass is 10.1. The van der Waals surface area contributed by atoms with Crippen LogP contribution in [0.1, 0.15) is 27.7 Å². The first-order valence-electron chi connectivity index (χ1n) is 10.2. The number of hydrogen-bond donors (Lipinski definition) is 1. The van der Waals surface area contributed by atoms with Gasteiger partial charge < -0.3 is 4.48 Å². The molecule has 31 heavy (non-hydrogen) atoms. The van der Waals surface area contributed by atoms with Crippen molar-refractivity contribution in [2.45, 2.75) is 33.2 Å². The zero-order valence-electron chi connectivity index (χ0n) is 18.2. The van der Waals surface area contributed by atoms with Gasteiger partial charge in [-0.1, -0.05) is 18.2 Å². The minimum absolute atomic E-state index is 0.165. The lowest BCUT2D eigenvalue weighted by Gasteiger charge is -2.34. The monoisotopic (exact) mass is 456 g/mol. The van der Waals surface area contributed by atoms with Gasteiger partial charge in [0.05, 0.1) is 37.2 Å². The van der Waals surface area contributed by atoms with E-state index in [4.69, 9.17) is 0 Å². The van der Waals surface area contributed by atoms with Gasteiger partial charge >= 0.3 is 15.5 Å². The van der Waals surface area contributed by atoms with Crippen LogP contribution in [-0.2, 0) is 10.0 Å². The van der Waals surface area contributed by atoms with Gasteiger partial charge in [0.15, 0.2) is 0 Å². The fourth-order valence-electron chi connectivity index (χ4n) is 3.40. The van der Waals surface area contributed by atoms with Gasteiger partial charge in [-0.3, -0.25) is 4.72 Å². The quantitative estimate of drug-likeness (QED) is 0.392. The molecule has 5 nitrogen and oxygen atoms in total. The van der Waals surface area contributed by atoms with Crippen molar-refractivity contribution in [2.24, 2.45) is 0 Å². The number of benzene rings is 2. The van der Waals surface area contributed by atoms with Crippen molar-refractivity contribution in [1.82, 2.24) is 4.98 Å². The van der Waals surface area contributed by atoms with Crippen molar-refractivity contribution in [2.75, 3.05) is 30.9 Å². The summed E-state index contributed by atoms with van der Waals surface area (Å²) >= 11 is 0. The molecule has 0 saturated carbocycles. The molecule has 3 rings (SSSR count). The van der Waals surface area contributed by atoms with Crippen molar-refractivity contribution in [3.63, 3.8) is 0 Å². The Morgan fingerprint density at radius 2 is 1.39 bits per heavy atom. The number of alkyl halides is 3. The summed E-state index contributed by atoms with van der Waals surface area (Å²) in [6, 6.07) is 13.0. The summed E-state index contributed by atoms with van der Waals surface area (Å²) in [5, 5.41) is 1.35. The number of nitrogens with one attached hydrogen (secondary N) is 1. The summed E-state index contributed by atoms with van der Waals surface area (Å²) in [5.41, 5.74) is -4.21. The molecular weight excluding hydrogens is 427 g/mol. The minimum atomic E-state index is -5.43. The predicted molar refractivity (Wildman–Crippen MR) is 120 cm³/mol. The molecule has 0 bridgehead atoms. The Morgan fingerprint density at radius 3 is 1.90 bits per heavy atom. The Balaban J connectivity index is 0.000000323. The number of pyridine rings is 1. The Kier molecular flexibility index (Phi) is 7.88. The number of nitrogens with zero attached hydrogens (tertiary/aromatic N) is 2. The second kappa shape index (κ2) is 9.82. The molecule has 1 N–H and O–H groups in total. The van der Waals surface area contributed by atoms with Crippen LogP contribution in [-0.4, -0.2) is 49.6 Å². The minimum Gasteiger partial charge on any atom is -0.325 e. The van der Waals surface area contributed by atoms with E-state index in [0.29, 0.717) is 10.9 Å². The molecule has 0 aliphatic rings. The number of fused-ring (bicyclic) bond motifs is 2. The third kappa shape index (κ3) is 5.86. The highest BCUT2D eigenvalue weighted by Gasteiger charge is 2.46. The van der Waals surface area contributed by atoms with E-state index in [9.17, 15) is 21.6 Å². The number of para-hydroxylation sites is 1. The van der Waals surface area contributed by atoms with Crippen LogP contribution in [0, 0.1) is 0 Å². The van der Waals surface area contributed by atoms with E-state index in [-0.39, 0.29) is 5.69 Å². The smallest absolute Gasteiger partial charge is 0.325 e. The molecule has 0 aliphatic heterocycles. The van der Waals surface area contributed by atoms with E-state index in [0.717, 1.165) is 10.9 Å². The molecule has 1 heterocycles. The van der Waals surface area contributed by atoms with Gasteiger partial charge in [0.25, 0.3) is 0 Å². The first kappa shape index (κ1) is 24.9.